The molecule has 3 aromatic rings. The first-order valence-corrected chi connectivity index (χ1v) is 8.79. The SMILES string of the molecule is Cc1ccc(-c2noc(CNC(c3ccc(Cl)cc3)C(C)C)n2)cc1. The van der Waals surface area contributed by atoms with Gasteiger partial charge < -0.3 is 9.84 Å². The molecule has 0 fully saturated rings. The van der Waals surface area contributed by atoms with Crippen LogP contribution in [0.2, 0.25) is 5.02 Å². The van der Waals surface area contributed by atoms with Crippen LogP contribution in [0.25, 0.3) is 11.4 Å². The van der Waals surface area contributed by atoms with E-state index in [9.17, 15) is 0 Å². The third-order valence-corrected chi connectivity index (χ3v) is 4.40. The van der Waals surface area contributed by atoms with E-state index in [2.05, 4.69) is 36.2 Å². The van der Waals surface area contributed by atoms with Crippen molar-refractivity contribution in [2.45, 2.75) is 33.4 Å². The lowest BCUT2D eigenvalue weighted by Crippen LogP contribution is -2.25. The quantitative estimate of drug-likeness (QED) is 0.661. The Bertz CT molecular complexity index is 810. The summed E-state index contributed by atoms with van der Waals surface area (Å²) < 4.78 is 5.39. The first kappa shape index (κ1) is 17.6. The first-order chi connectivity index (χ1) is 12.0. The largest absolute Gasteiger partial charge is 0.338 e. The van der Waals surface area contributed by atoms with E-state index in [1.54, 1.807) is 0 Å². The van der Waals surface area contributed by atoms with Gasteiger partial charge in [0.2, 0.25) is 11.7 Å². The smallest absolute Gasteiger partial charge is 0.240 e. The summed E-state index contributed by atoms with van der Waals surface area (Å²) in [6, 6.07) is 16.2. The third-order valence-electron chi connectivity index (χ3n) is 4.15. The fraction of sp³-hybridized carbons (Fsp3) is 0.300. The predicted octanol–water partition coefficient (Wildman–Crippen LogP) is 5.19. The molecule has 0 spiro atoms. The Morgan fingerprint density at radius 2 is 1.72 bits per heavy atom. The average Bonchev–Trinajstić information content (AvgIpc) is 3.06. The van der Waals surface area contributed by atoms with Gasteiger partial charge in [0.1, 0.15) is 0 Å². The molecular weight excluding hydrogens is 334 g/mol. The lowest BCUT2D eigenvalue weighted by Gasteiger charge is -2.22. The molecule has 0 radical (unpaired) electrons. The van der Waals surface area contributed by atoms with Crippen LogP contribution in [0.4, 0.5) is 0 Å². The van der Waals surface area contributed by atoms with Gasteiger partial charge in [0.15, 0.2) is 0 Å². The molecule has 1 N–H and O–H groups in total. The summed E-state index contributed by atoms with van der Waals surface area (Å²) in [5.74, 6) is 1.61. The zero-order chi connectivity index (χ0) is 17.8. The summed E-state index contributed by atoms with van der Waals surface area (Å²) in [6.45, 7) is 6.93. The van der Waals surface area contributed by atoms with Crippen molar-refractivity contribution in [3.8, 4) is 11.4 Å². The van der Waals surface area contributed by atoms with Gasteiger partial charge in [-0.05, 0) is 30.5 Å². The highest BCUT2D eigenvalue weighted by Gasteiger charge is 2.17. The molecule has 25 heavy (non-hydrogen) atoms. The van der Waals surface area contributed by atoms with Gasteiger partial charge in [0.25, 0.3) is 0 Å². The molecule has 3 rings (SSSR count). The van der Waals surface area contributed by atoms with Gasteiger partial charge in [-0.1, -0.05) is 72.6 Å². The van der Waals surface area contributed by atoms with Crippen LogP contribution in [0.3, 0.4) is 0 Å². The molecule has 1 aromatic heterocycles. The van der Waals surface area contributed by atoms with Gasteiger partial charge in [-0.15, -0.1) is 0 Å². The normalized spacial score (nSPS) is 12.5. The molecule has 0 saturated heterocycles. The maximum absolute atomic E-state index is 5.99. The van der Waals surface area contributed by atoms with Crippen molar-refractivity contribution in [2.75, 3.05) is 0 Å². The molecule has 1 unspecified atom stereocenters. The molecule has 0 bridgehead atoms. The van der Waals surface area contributed by atoms with Gasteiger partial charge in [0, 0.05) is 16.6 Å². The van der Waals surface area contributed by atoms with Gasteiger partial charge in [-0.25, -0.2) is 0 Å². The molecule has 4 nitrogen and oxygen atoms in total. The number of aryl methyl sites for hydroxylation is 1. The van der Waals surface area contributed by atoms with Crippen LogP contribution in [0.15, 0.2) is 53.1 Å². The number of hydrogen-bond donors (Lipinski definition) is 1. The standard InChI is InChI=1S/C20H22ClN3O/c1-13(2)19(15-8-10-17(21)11-9-15)22-12-18-23-20(24-25-18)16-6-4-14(3)5-7-16/h4-11,13,19,22H,12H2,1-3H3. The summed E-state index contributed by atoms with van der Waals surface area (Å²) in [6.07, 6.45) is 0. The van der Waals surface area contributed by atoms with E-state index in [-0.39, 0.29) is 6.04 Å². The Morgan fingerprint density at radius 3 is 2.36 bits per heavy atom. The summed E-state index contributed by atoms with van der Waals surface area (Å²) in [5.41, 5.74) is 3.35. The zero-order valence-corrected chi connectivity index (χ0v) is 15.4. The molecular formula is C20H22ClN3O. The highest BCUT2D eigenvalue weighted by atomic mass is 35.5. The molecule has 130 valence electrons. The molecule has 0 saturated carbocycles. The molecule has 0 aliphatic heterocycles. The van der Waals surface area contributed by atoms with Gasteiger partial charge >= 0.3 is 0 Å². The van der Waals surface area contributed by atoms with Crippen LogP contribution < -0.4 is 5.32 Å². The van der Waals surface area contributed by atoms with Crippen molar-refractivity contribution in [2.24, 2.45) is 5.92 Å². The third kappa shape index (κ3) is 4.47. The van der Waals surface area contributed by atoms with Gasteiger partial charge in [-0.3, -0.25) is 0 Å². The van der Waals surface area contributed by atoms with Crippen LogP contribution in [0.1, 0.15) is 36.9 Å². The van der Waals surface area contributed by atoms with Gasteiger partial charge in [-0.2, -0.15) is 4.98 Å². The summed E-state index contributed by atoms with van der Waals surface area (Å²) in [5, 5.41) is 8.33. The van der Waals surface area contributed by atoms with Crippen molar-refractivity contribution in [1.82, 2.24) is 15.5 Å². The van der Waals surface area contributed by atoms with Crippen molar-refractivity contribution < 1.29 is 4.52 Å². The molecule has 0 aliphatic rings. The number of rotatable bonds is 6. The predicted molar refractivity (Wildman–Crippen MR) is 100 cm³/mol. The van der Waals surface area contributed by atoms with Crippen molar-refractivity contribution >= 4 is 11.6 Å². The second-order valence-electron chi connectivity index (χ2n) is 6.53. The van der Waals surface area contributed by atoms with E-state index in [0.717, 1.165) is 10.6 Å². The number of aromatic nitrogens is 2. The topological polar surface area (TPSA) is 51.0 Å². The molecule has 5 heteroatoms. The first-order valence-electron chi connectivity index (χ1n) is 8.41. The Hall–Kier alpha value is -2.17. The minimum atomic E-state index is 0.187. The Balaban J connectivity index is 1.69. The van der Waals surface area contributed by atoms with Crippen LogP contribution >= 0.6 is 11.6 Å². The van der Waals surface area contributed by atoms with Crippen molar-refractivity contribution in [3.05, 3.63) is 70.6 Å². The molecule has 1 heterocycles. The van der Waals surface area contributed by atoms with Crippen LogP contribution in [-0.4, -0.2) is 10.1 Å². The summed E-state index contributed by atoms with van der Waals surface area (Å²) >= 11 is 5.99. The average molecular weight is 356 g/mol. The summed E-state index contributed by atoms with van der Waals surface area (Å²) in [7, 11) is 0. The molecule has 0 aliphatic carbocycles. The second-order valence-corrected chi connectivity index (χ2v) is 6.97. The highest BCUT2D eigenvalue weighted by Crippen LogP contribution is 2.24. The monoisotopic (exact) mass is 355 g/mol. The number of nitrogens with one attached hydrogen (secondary N) is 1. The minimum absolute atomic E-state index is 0.187. The van der Waals surface area contributed by atoms with E-state index in [0.29, 0.717) is 24.2 Å². The molecule has 1 atom stereocenters. The van der Waals surface area contributed by atoms with E-state index in [4.69, 9.17) is 16.1 Å². The van der Waals surface area contributed by atoms with E-state index in [1.807, 2.05) is 48.5 Å². The maximum Gasteiger partial charge on any atom is 0.240 e. The van der Waals surface area contributed by atoms with Crippen molar-refractivity contribution in [3.63, 3.8) is 0 Å². The van der Waals surface area contributed by atoms with Gasteiger partial charge in [0.05, 0.1) is 6.54 Å². The Kier molecular flexibility index (Phi) is 5.51. The summed E-state index contributed by atoms with van der Waals surface area (Å²) in [4.78, 5) is 4.49. The number of benzene rings is 2. The molecule has 0 amide bonds. The number of hydrogen-bond acceptors (Lipinski definition) is 4. The van der Waals surface area contributed by atoms with Crippen LogP contribution in [0.5, 0.6) is 0 Å². The minimum Gasteiger partial charge on any atom is -0.338 e. The fourth-order valence-electron chi connectivity index (χ4n) is 2.75. The lowest BCUT2D eigenvalue weighted by atomic mass is 9.96. The second kappa shape index (κ2) is 7.81. The zero-order valence-electron chi connectivity index (χ0n) is 14.7. The highest BCUT2D eigenvalue weighted by molar-refractivity contribution is 6.30. The van der Waals surface area contributed by atoms with E-state index >= 15 is 0 Å². The lowest BCUT2D eigenvalue weighted by molar-refractivity contribution is 0.338. The number of nitrogens with zero attached hydrogens (tertiary/aromatic N) is 2. The van der Waals surface area contributed by atoms with Crippen LogP contribution in [-0.2, 0) is 6.54 Å². The maximum atomic E-state index is 5.99. The van der Waals surface area contributed by atoms with E-state index in [1.165, 1.54) is 11.1 Å². The van der Waals surface area contributed by atoms with Crippen molar-refractivity contribution in [1.29, 1.82) is 0 Å². The molecule has 2 aromatic carbocycles. The number of halogens is 1. The fourth-order valence-corrected chi connectivity index (χ4v) is 2.88. The van der Waals surface area contributed by atoms with Crippen LogP contribution in [0, 0.1) is 12.8 Å². The van der Waals surface area contributed by atoms with E-state index < -0.39 is 0 Å². The Labute approximate surface area is 153 Å². The Morgan fingerprint density at radius 1 is 1.04 bits per heavy atom.